The Bertz CT molecular complexity index is 1500. The standard InChI is InChI=1S/C39H60O22/c40-17-9-23-18(24(10-17)58-38-35(53)33(51)32(50)27(60-38)14-56-30(48)12-28(45)46)11-25(37(57-23)16-3-5-20(42)22(44)8-16)59-39-36(54)34(52)31(49)26(61-39)13-55-29(47)6-2-15-1-4-19(41)21(43)7-15/h2,6,15-27,31-44,49-54H,1,3-5,7-14H2,(H,45,46)/t15?,16?,17?,18?,19?,20?,21?,22?,23?,24?,25?,26-,27-,31-,32-,33+,34+,35-,36-,37?,38+,39-/m0/s1. The van der Waals surface area contributed by atoms with E-state index < -0.39 is 166 Å². The molecular weight excluding hydrogens is 820 g/mol. The van der Waals surface area contributed by atoms with Crippen LogP contribution in [0.2, 0.25) is 0 Å². The summed E-state index contributed by atoms with van der Waals surface area (Å²) >= 11 is 0. The number of aliphatic carboxylic acids is 1. The molecule has 22 nitrogen and oxygen atoms in total. The van der Waals surface area contributed by atoms with Crippen LogP contribution in [0.25, 0.3) is 0 Å². The van der Waals surface area contributed by atoms with E-state index in [-0.39, 0.29) is 44.4 Å². The molecule has 6 fully saturated rings. The molecule has 0 radical (unpaired) electrons. The molecule has 12 N–H and O–H groups in total. The molecular formula is C39H60O22. The Balaban J connectivity index is 1.16. The minimum absolute atomic E-state index is 0.0433. The number of esters is 2. The van der Waals surface area contributed by atoms with Crippen LogP contribution in [0.1, 0.15) is 64.2 Å². The normalized spacial score (nSPS) is 47.0. The summed E-state index contributed by atoms with van der Waals surface area (Å²) in [6, 6.07) is 0. The van der Waals surface area contributed by atoms with Crippen LogP contribution in [0.15, 0.2) is 12.2 Å². The predicted molar refractivity (Wildman–Crippen MR) is 197 cm³/mol. The second-order valence-corrected chi connectivity index (χ2v) is 17.2. The van der Waals surface area contributed by atoms with Gasteiger partial charge in [-0.1, -0.05) is 6.08 Å². The number of ether oxygens (including phenoxy) is 7. The lowest BCUT2D eigenvalue weighted by atomic mass is 9.72. The van der Waals surface area contributed by atoms with Crippen molar-refractivity contribution in [2.45, 2.75) is 181 Å². The molecule has 6 aliphatic rings. The number of carbonyl (C=O) groups excluding carboxylic acids is 2. The van der Waals surface area contributed by atoms with Crippen LogP contribution in [0.3, 0.4) is 0 Å². The topological polar surface area (TPSA) is 359 Å². The third kappa shape index (κ3) is 11.8. The van der Waals surface area contributed by atoms with Crippen molar-refractivity contribution in [3.8, 4) is 0 Å². The van der Waals surface area contributed by atoms with Crippen molar-refractivity contribution < 1.29 is 109 Å². The predicted octanol–water partition coefficient (Wildman–Crippen LogP) is -4.54. The fraction of sp³-hybridized carbons (Fsp3) is 0.872. The van der Waals surface area contributed by atoms with E-state index in [0.717, 1.165) is 6.08 Å². The van der Waals surface area contributed by atoms with E-state index in [1.807, 2.05) is 0 Å². The van der Waals surface area contributed by atoms with Gasteiger partial charge in [-0.3, -0.25) is 9.59 Å². The number of hydrogen-bond acceptors (Lipinski definition) is 21. The molecule has 6 rings (SSSR count). The van der Waals surface area contributed by atoms with Crippen LogP contribution in [0.4, 0.5) is 0 Å². The quantitative estimate of drug-likeness (QED) is 0.0471. The van der Waals surface area contributed by atoms with Crippen LogP contribution in [-0.2, 0) is 47.5 Å². The average molecular weight is 881 g/mol. The summed E-state index contributed by atoms with van der Waals surface area (Å²) in [5.41, 5.74) is 0. The largest absolute Gasteiger partial charge is 0.481 e. The summed E-state index contributed by atoms with van der Waals surface area (Å²) in [5, 5.41) is 125. The molecule has 0 aromatic heterocycles. The highest BCUT2D eigenvalue weighted by Crippen LogP contribution is 2.45. The lowest BCUT2D eigenvalue weighted by Crippen LogP contribution is -2.63. The van der Waals surface area contributed by atoms with Crippen molar-refractivity contribution in [3.63, 3.8) is 0 Å². The zero-order chi connectivity index (χ0) is 44.3. The number of aliphatic hydroxyl groups is 11. The minimum atomic E-state index is -1.86. The number of carbonyl (C=O) groups is 3. The zero-order valence-electron chi connectivity index (χ0n) is 33.3. The second kappa shape index (κ2) is 21.0. The molecule has 3 saturated carbocycles. The molecule has 3 saturated heterocycles. The lowest BCUT2D eigenvalue weighted by molar-refractivity contribution is -0.344. The zero-order valence-corrected chi connectivity index (χ0v) is 33.3. The number of fused-ring (bicyclic) bond motifs is 1. The Kier molecular flexibility index (Phi) is 16.5. The van der Waals surface area contributed by atoms with E-state index in [1.54, 1.807) is 6.08 Å². The molecule has 3 heterocycles. The Labute approximate surface area is 350 Å². The van der Waals surface area contributed by atoms with E-state index in [9.17, 15) is 70.6 Å². The first-order valence-corrected chi connectivity index (χ1v) is 20.9. The third-order valence-corrected chi connectivity index (χ3v) is 12.8. The van der Waals surface area contributed by atoms with Gasteiger partial charge in [0.15, 0.2) is 12.6 Å². The third-order valence-electron chi connectivity index (χ3n) is 12.8. The van der Waals surface area contributed by atoms with Crippen molar-refractivity contribution in [2.24, 2.45) is 17.8 Å². The molecule has 0 bridgehead atoms. The highest BCUT2D eigenvalue weighted by Gasteiger charge is 2.54. The molecule has 0 aromatic carbocycles. The van der Waals surface area contributed by atoms with Crippen LogP contribution in [-0.4, -0.2) is 209 Å². The van der Waals surface area contributed by atoms with E-state index >= 15 is 0 Å². The fourth-order valence-corrected chi connectivity index (χ4v) is 9.33. The van der Waals surface area contributed by atoms with Crippen molar-refractivity contribution in [1.82, 2.24) is 0 Å². The summed E-state index contributed by atoms with van der Waals surface area (Å²) in [6.45, 7) is -1.27. The Morgan fingerprint density at radius 1 is 0.574 bits per heavy atom. The van der Waals surface area contributed by atoms with E-state index in [0.29, 0.717) is 19.3 Å². The maximum atomic E-state index is 12.6. The number of carboxylic acid groups (broad SMARTS) is 1. The highest BCUT2D eigenvalue weighted by molar-refractivity contribution is 5.90. The first-order valence-electron chi connectivity index (χ1n) is 20.9. The summed E-state index contributed by atoms with van der Waals surface area (Å²) in [4.78, 5) is 35.4. The van der Waals surface area contributed by atoms with Crippen LogP contribution >= 0.6 is 0 Å². The highest BCUT2D eigenvalue weighted by atomic mass is 16.7. The molecule has 22 atom stereocenters. The monoisotopic (exact) mass is 880 g/mol. The first-order chi connectivity index (χ1) is 28.9. The van der Waals surface area contributed by atoms with Gasteiger partial charge in [0.25, 0.3) is 0 Å². The molecule has 0 amide bonds. The summed E-state index contributed by atoms with van der Waals surface area (Å²) in [7, 11) is 0. The van der Waals surface area contributed by atoms with Crippen LogP contribution in [0.5, 0.6) is 0 Å². The van der Waals surface area contributed by atoms with E-state index in [1.165, 1.54) is 0 Å². The number of aliphatic hydroxyl groups excluding tert-OH is 11. The van der Waals surface area contributed by atoms with Gasteiger partial charge in [0.2, 0.25) is 0 Å². The fourth-order valence-electron chi connectivity index (χ4n) is 9.33. The number of hydrogen-bond donors (Lipinski definition) is 12. The SMILES string of the molecule is O=C(O)CC(=O)OC[C@@H]1O[C@@H](OC2CC(O)CC3OC(C4CCC(O)C(O)C4)C(O[C@H]4O[C@@H](COC(=O)C=CC5CCC(O)C(O)C5)[C@H](O)[C@@H](O)[C@@H]4O)CC32)[C@@H](O)[C@H](O)[C@H]1O. The molecule has 22 heteroatoms. The Morgan fingerprint density at radius 3 is 1.74 bits per heavy atom. The van der Waals surface area contributed by atoms with Gasteiger partial charge >= 0.3 is 17.9 Å². The van der Waals surface area contributed by atoms with Gasteiger partial charge < -0.3 is 94.4 Å². The Morgan fingerprint density at radius 2 is 1.15 bits per heavy atom. The van der Waals surface area contributed by atoms with Gasteiger partial charge in [-0.05, 0) is 63.2 Å². The molecule has 12 unspecified atom stereocenters. The number of rotatable bonds is 13. The number of allylic oxidation sites excluding steroid dienone is 1. The van der Waals surface area contributed by atoms with E-state index in [2.05, 4.69) is 0 Å². The van der Waals surface area contributed by atoms with Crippen molar-refractivity contribution in [1.29, 1.82) is 0 Å². The molecule has 0 aromatic rings. The van der Waals surface area contributed by atoms with Gasteiger partial charge in [0, 0.05) is 18.4 Å². The van der Waals surface area contributed by atoms with Gasteiger partial charge in [0.1, 0.15) is 68.5 Å². The maximum absolute atomic E-state index is 12.6. The van der Waals surface area contributed by atoms with Gasteiger partial charge in [-0.15, -0.1) is 0 Å². The Hall–Kier alpha value is -2.49. The average Bonchev–Trinajstić information content (AvgIpc) is 3.21. The second-order valence-electron chi connectivity index (χ2n) is 17.2. The molecule has 348 valence electrons. The van der Waals surface area contributed by atoms with Crippen molar-refractivity contribution >= 4 is 17.9 Å². The summed E-state index contributed by atoms with van der Waals surface area (Å²) in [5.74, 6) is -4.70. The smallest absolute Gasteiger partial charge is 0.330 e. The maximum Gasteiger partial charge on any atom is 0.330 e. The lowest BCUT2D eigenvalue weighted by Gasteiger charge is -2.52. The molecule has 3 aliphatic carbocycles. The van der Waals surface area contributed by atoms with Gasteiger partial charge in [-0.25, -0.2) is 4.79 Å². The molecule has 3 aliphatic heterocycles. The minimum Gasteiger partial charge on any atom is -0.481 e. The molecule has 0 spiro atoms. The first kappa shape index (κ1) is 48.0. The van der Waals surface area contributed by atoms with E-state index in [4.69, 9.17) is 38.3 Å². The number of carboxylic acids is 1. The van der Waals surface area contributed by atoms with Crippen LogP contribution in [0, 0.1) is 17.8 Å². The summed E-state index contributed by atoms with van der Waals surface area (Å²) < 4.78 is 40.9. The molecule has 61 heavy (non-hydrogen) atoms. The van der Waals surface area contributed by atoms with Crippen LogP contribution < -0.4 is 0 Å². The van der Waals surface area contributed by atoms with Gasteiger partial charge in [-0.2, -0.15) is 0 Å². The van der Waals surface area contributed by atoms with Crippen molar-refractivity contribution in [2.75, 3.05) is 13.2 Å². The van der Waals surface area contributed by atoms with Gasteiger partial charge in [0.05, 0.1) is 54.9 Å². The summed E-state index contributed by atoms with van der Waals surface area (Å²) in [6.07, 6.45) is -21.8. The van der Waals surface area contributed by atoms with Crippen molar-refractivity contribution in [3.05, 3.63) is 12.2 Å².